The van der Waals surface area contributed by atoms with Crippen LogP contribution in [0.2, 0.25) is 20.1 Å². The van der Waals surface area contributed by atoms with Crippen LogP contribution in [-0.4, -0.2) is 59.9 Å². The zero-order valence-electron chi connectivity index (χ0n) is 19.8. The lowest BCUT2D eigenvalue weighted by atomic mass is 9.93. The van der Waals surface area contributed by atoms with Crippen LogP contribution in [-0.2, 0) is 21.4 Å². The second-order valence-electron chi connectivity index (χ2n) is 9.63. The Labute approximate surface area is 226 Å². The van der Waals surface area contributed by atoms with Gasteiger partial charge in [-0.1, -0.05) is 58.5 Å². The van der Waals surface area contributed by atoms with E-state index in [0.717, 1.165) is 24.2 Å². The first-order valence-corrected chi connectivity index (χ1v) is 13.3. The van der Waals surface area contributed by atoms with Crippen molar-refractivity contribution in [3.63, 3.8) is 0 Å². The molecule has 35 heavy (non-hydrogen) atoms. The highest BCUT2D eigenvalue weighted by molar-refractivity contribution is 6.35. The van der Waals surface area contributed by atoms with Crippen molar-refractivity contribution in [1.82, 2.24) is 15.1 Å². The number of halogens is 4. The molecule has 4 rings (SSSR count). The van der Waals surface area contributed by atoms with Crippen LogP contribution in [0, 0.1) is 0 Å². The van der Waals surface area contributed by atoms with Crippen molar-refractivity contribution in [2.75, 3.05) is 26.2 Å². The first-order chi connectivity index (χ1) is 16.6. The van der Waals surface area contributed by atoms with Crippen molar-refractivity contribution >= 4 is 58.2 Å². The van der Waals surface area contributed by atoms with Gasteiger partial charge < -0.3 is 10.2 Å². The van der Waals surface area contributed by atoms with E-state index in [9.17, 15) is 9.59 Å². The van der Waals surface area contributed by atoms with Crippen LogP contribution in [0.5, 0.6) is 0 Å². The SMILES string of the molecule is CC(C)N1CCN(C(=O)[C@H](Cc2ccc(Cl)cc2Cl)NC(=O)C2(c3ccc(Cl)cc3Cl)CC2)CC1. The van der Waals surface area contributed by atoms with Crippen molar-refractivity contribution in [3.05, 3.63) is 67.6 Å². The molecule has 2 aliphatic rings. The lowest BCUT2D eigenvalue weighted by Gasteiger charge is -2.38. The van der Waals surface area contributed by atoms with E-state index in [0.29, 0.717) is 52.1 Å². The highest BCUT2D eigenvalue weighted by Gasteiger charge is 2.53. The highest BCUT2D eigenvalue weighted by atomic mass is 35.5. The van der Waals surface area contributed by atoms with Crippen molar-refractivity contribution in [2.45, 2.75) is 50.6 Å². The van der Waals surface area contributed by atoms with Gasteiger partial charge in [0.15, 0.2) is 0 Å². The van der Waals surface area contributed by atoms with Gasteiger partial charge in [-0.15, -0.1) is 0 Å². The van der Waals surface area contributed by atoms with Crippen LogP contribution in [0.4, 0.5) is 0 Å². The predicted octanol–water partition coefficient (Wildman–Crippen LogP) is 5.61. The third kappa shape index (κ3) is 5.91. The summed E-state index contributed by atoms with van der Waals surface area (Å²) >= 11 is 25.0. The first-order valence-electron chi connectivity index (χ1n) is 11.8. The van der Waals surface area contributed by atoms with E-state index in [1.54, 1.807) is 36.4 Å². The largest absolute Gasteiger partial charge is 0.343 e. The molecule has 0 bridgehead atoms. The molecule has 2 aromatic carbocycles. The van der Waals surface area contributed by atoms with Crippen LogP contribution >= 0.6 is 46.4 Å². The number of nitrogens with zero attached hydrogens (tertiary/aromatic N) is 2. The van der Waals surface area contributed by atoms with Crippen LogP contribution in [0.25, 0.3) is 0 Å². The maximum Gasteiger partial charge on any atom is 0.245 e. The van der Waals surface area contributed by atoms with Crippen LogP contribution in [0.3, 0.4) is 0 Å². The number of amides is 2. The van der Waals surface area contributed by atoms with E-state index in [1.165, 1.54) is 0 Å². The minimum Gasteiger partial charge on any atom is -0.343 e. The molecule has 5 nitrogen and oxygen atoms in total. The Bertz CT molecular complexity index is 1110. The quantitative estimate of drug-likeness (QED) is 0.482. The molecule has 1 saturated heterocycles. The van der Waals surface area contributed by atoms with Crippen LogP contribution < -0.4 is 5.32 Å². The van der Waals surface area contributed by atoms with Gasteiger partial charge in [0.2, 0.25) is 11.8 Å². The molecule has 2 aromatic rings. The topological polar surface area (TPSA) is 52.6 Å². The Hall–Kier alpha value is -1.50. The maximum atomic E-state index is 13.7. The van der Waals surface area contributed by atoms with Gasteiger partial charge in [0.25, 0.3) is 0 Å². The van der Waals surface area contributed by atoms with Crippen molar-refractivity contribution in [3.8, 4) is 0 Å². The van der Waals surface area contributed by atoms with E-state index in [4.69, 9.17) is 46.4 Å². The Morgan fingerprint density at radius 3 is 2.06 bits per heavy atom. The standard InChI is InChI=1S/C26H29Cl4N3O2/c1-16(2)32-9-11-33(12-10-32)24(34)23(13-17-3-4-18(27)14-21(17)29)31-25(35)26(7-8-26)20-6-5-19(28)15-22(20)30/h3-6,14-16,23H,7-13H2,1-2H3,(H,31,35)/t23-/m0/s1. The van der Waals surface area contributed by atoms with Crippen molar-refractivity contribution < 1.29 is 9.59 Å². The number of carbonyl (C=O) groups excluding carboxylic acids is 2. The monoisotopic (exact) mass is 555 g/mol. The summed E-state index contributed by atoms with van der Waals surface area (Å²) in [6.45, 7) is 7.14. The van der Waals surface area contributed by atoms with Gasteiger partial charge in [-0.25, -0.2) is 0 Å². The normalized spacial score (nSPS) is 18.4. The summed E-state index contributed by atoms with van der Waals surface area (Å²) < 4.78 is 0. The zero-order valence-corrected chi connectivity index (χ0v) is 22.8. The molecule has 1 aliphatic heterocycles. The molecule has 0 unspecified atom stereocenters. The van der Waals surface area contributed by atoms with Crippen molar-refractivity contribution in [2.24, 2.45) is 0 Å². The summed E-state index contributed by atoms with van der Waals surface area (Å²) in [5, 5.41) is 5.01. The van der Waals surface area contributed by atoms with Gasteiger partial charge in [0.05, 0.1) is 5.41 Å². The summed E-state index contributed by atoms with van der Waals surface area (Å²) in [6, 6.07) is 10.1. The first kappa shape index (κ1) is 26.6. The second-order valence-corrected chi connectivity index (χ2v) is 11.3. The molecule has 0 radical (unpaired) electrons. The van der Waals surface area contributed by atoms with Gasteiger partial charge in [0.1, 0.15) is 6.04 Å². The number of hydrogen-bond acceptors (Lipinski definition) is 3. The summed E-state index contributed by atoms with van der Waals surface area (Å²) in [7, 11) is 0. The van der Waals surface area contributed by atoms with Gasteiger partial charge in [0, 0.05) is 58.7 Å². The number of hydrogen-bond donors (Lipinski definition) is 1. The molecule has 1 aliphatic carbocycles. The zero-order chi connectivity index (χ0) is 25.3. The second kappa shape index (κ2) is 10.9. The lowest BCUT2D eigenvalue weighted by Crippen LogP contribution is -2.57. The van der Waals surface area contributed by atoms with E-state index < -0.39 is 11.5 Å². The minimum atomic E-state index is -0.754. The fourth-order valence-corrected chi connectivity index (χ4v) is 5.78. The summed E-state index contributed by atoms with van der Waals surface area (Å²) in [6.07, 6.45) is 1.60. The van der Waals surface area contributed by atoms with Gasteiger partial charge >= 0.3 is 0 Å². The van der Waals surface area contributed by atoms with Gasteiger partial charge in [-0.3, -0.25) is 14.5 Å². The van der Waals surface area contributed by atoms with Crippen LogP contribution in [0.15, 0.2) is 36.4 Å². The summed E-state index contributed by atoms with van der Waals surface area (Å²) in [5.74, 6) is -0.309. The lowest BCUT2D eigenvalue weighted by molar-refractivity contribution is -0.138. The molecular weight excluding hydrogens is 528 g/mol. The van der Waals surface area contributed by atoms with E-state index in [1.807, 2.05) is 4.90 Å². The average molecular weight is 557 g/mol. The van der Waals surface area contributed by atoms with Crippen LogP contribution in [0.1, 0.15) is 37.8 Å². The smallest absolute Gasteiger partial charge is 0.245 e. The molecular formula is C26H29Cl4N3O2. The van der Waals surface area contributed by atoms with Gasteiger partial charge in [-0.05, 0) is 62.1 Å². The third-order valence-corrected chi connectivity index (χ3v) is 8.16. The fraction of sp³-hybridized carbons (Fsp3) is 0.462. The van der Waals surface area contributed by atoms with E-state index in [-0.39, 0.29) is 18.2 Å². The average Bonchev–Trinajstić information content (AvgIpc) is 3.61. The molecule has 1 saturated carbocycles. The molecule has 1 heterocycles. The molecule has 1 N–H and O–H groups in total. The van der Waals surface area contributed by atoms with E-state index in [2.05, 4.69) is 24.1 Å². The molecule has 0 spiro atoms. The third-order valence-electron chi connectivity index (χ3n) is 7.03. The Kier molecular flexibility index (Phi) is 8.24. The highest BCUT2D eigenvalue weighted by Crippen LogP contribution is 2.51. The summed E-state index contributed by atoms with van der Waals surface area (Å²) in [4.78, 5) is 31.4. The Balaban J connectivity index is 1.56. The number of carbonyl (C=O) groups is 2. The predicted molar refractivity (Wildman–Crippen MR) is 143 cm³/mol. The summed E-state index contributed by atoms with van der Waals surface area (Å²) in [5.41, 5.74) is 0.743. The molecule has 1 atom stereocenters. The van der Waals surface area contributed by atoms with Gasteiger partial charge in [-0.2, -0.15) is 0 Å². The maximum absolute atomic E-state index is 13.7. The number of piperazine rings is 1. The van der Waals surface area contributed by atoms with Crippen molar-refractivity contribution in [1.29, 1.82) is 0 Å². The van der Waals surface area contributed by atoms with E-state index >= 15 is 0 Å². The molecule has 0 aromatic heterocycles. The number of rotatable bonds is 7. The molecule has 188 valence electrons. The molecule has 9 heteroatoms. The Morgan fingerprint density at radius 2 is 1.51 bits per heavy atom. The fourth-order valence-electron chi connectivity index (χ4n) is 4.70. The number of nitrogens with one attached hydrogen (secondary N) is 1. The minimum absolute atomic E-state index is 0.106. The number of benzene rings is 2. The molecule has 2 fully saturated rings. The molecule has 2 amide bonds. The Morgan fingerprint density at radius 1 is 0.914 bits per heavy atom.